The van der Waals surface area contributed by atoms with Gasteiger partial charge in [-0.15, -0.1) is 0 Å². The van der Waals surface area contributed by atoms with E-state index in [0.29, 0.717) is 6.42 Å². The molecule has 0 rings (SSSR count). The molecule has 0 saturated heterocycles. The Morgan fingerprint density at radius 3 is 1.80 bits per heavy atom. The summed E-state index contributed by atoms with van der Waals surface area (Å²) in [5.74, 6) is -0.369. The van der Waals surface area contributed by atoms with Gasteiger partial charge in [0.05, 0.1) is 19.8 Å². The van der Waals surface area contributed by atoms with Crippen LogP contribution in [-0.2, 0) is 23.4 Å². The van der Waals surface area contributed by atoms with Crippen LogP contribution < -0.4 is 0 Å². The lowest BCUT2D eigenvalue weighted by Gasteiger charge is -2.17. The molecule has 0 aromatic heterocycles. The van der Waals surface area contributed by atoms with Crippen LogP contribution in [-0.4, -0.2) is 53.4 Å². The predicted molar refractivity (Wildman–Crippen MR) is 116 cm³/mol. The Morgan fingerprint density at radius 1 is 0.833 bits per heavy atom. The molecule has 0 saturated carbocycles. The highest BCUT2D eigenvalue weighted by Crippen LogP contribution is 2.35. The zero-order chi connectivity index (χ0) is 22.5. The second-order valence-electron chi connectivity index (χ2n) is 7.68. The molecule has 3 N–H and O–H groups in total. The molecule has 1 atom stereocenters. The molecule has 0 fully saturated rings. The number of ether oxygens (including phenoxy) is 2. The summed E-state index contributed by atoms with van der Waals surface area (Å²) in [7, 11) is -4.63. The van der Waals surface area contributed by atoms with E-state index in [1.807, 2.05) is 0 Å². The van der Waals surface area contributed by atoms with Crippen molar-refractivity contribution in [2.45, 2.75) is 103 Å². The molecule has 30 heavy (non-hydrogen) atoms. The number of carbonyl (C=O) groups excluding carboxylic acids is 1. The van der Waals surface area contributed by atoms with Gasteiger partial charge in [-0.2, -0.15) is 0 Å². The highest BCUT2D eigenvalue weighted by atomic mass is 31.2. The van der Waals surface area contributed by atoms with Crippen LogP contribution in [0.1, 0.15) is 96.8 Å². The number of phosphoric ester groups is 1. The van der Waals surface area contributed by atoms with E-state index in [1.165, 1.54) is 64.2 Å². The third kappa shape index (κ3) is 22.2. The lowest BCUT2D eigenvalue weighted by Crippen LogP contribution is -2.28. The van der Waals surface area contributed by atoms with Gasteiger partial charge in [0, 0.05) is 6.42 Å². The molecule has 0 spiro atoms. The summed E-state index contributed by atoms with van der Waals surface area (Å²) in [6.07, 6.45) is 15.5. The van der Waals surface area contributed by atoms with Crippen LogP contribution in [0.25, 0.3) is 0 Å². The molecule has 180 valence electrons. The van der Waals surface area contributed by atoms with E-state index in [9.17, 15) is 9.36 Å². The molecular formula is C21H43O8P. The van der Waals surface area contributed by atoms with Crippen LogP contribution in [0, 0.1) is 0 Å². The molecule has 0 heterocycles. The minimum atomic E-state index is -4.63. The Kier molecular flexibility index (Phi) is 20.1. The summed E-state index contributed by atoms with van der Waals surface area (Å²) >= 11 is 0. The summed E-state index contributed by atoms with van der Waals surface area (Å²) in [5, 5.41) is 8.78. The van der Waals surface area contributed by atoms with Crippen molar-refractivity contribution < 1.29 is 38.3 Å². The van der Waals surface area contributed by atoms with E-state index < -0.39 is 20.5 Å². The summed E-state index contributed by atoms with van der Waals surface area (Å²) in [6.45, 7) is 1.36. The van der Waals surface area contributed by atoms with E-state index in [0.717, 1.165) is 19.3 Å². The zero-order valence-corrected chi connectivity index (χ0v) is 19.5. The third-order valence-electron chi connectivity index (χ3n) is 4.79. The topological polar surface area (TPSA) is 123 Å². The molecule has 0 aromatic carbocycles. The van der Waals surface area contributed by atoms with Gasteiger partial charge in [-0.3, -0.25) is 9.32 Å². The SMILES string of the molecule is CCCCCCCCCCCCCCCC(=O)OC[C@H](COP(=O)(O)O)OCCO. The van der Waals surface area contributed by atoms with Crippen LogP contribution in [0.5, 0.6) is 0 Å². The molecule has 0 aliphatic carbocycles. The van der Waals surface area contributed by atoms with E-state index in [-0.39, 0.29) is 25.8 Å². The van der Waals surface area contributed by atoms with Crippen LogP contribution in [0.15, 0.2) is 0 Å². The molecule has 0 bridgehead atoms. The predicted octanol–water partition coefficient (Wildman–Crippen LogP) is 4.50. The fourth-order valence-electron chi connectivity index (χ4n) is 3.09. The maximum atomic E-state index is 11.8. The van der Waals surface area contributed by atoms with Crippen molar-refractivity contribution in [1.29, 1.82) is 0 Å². The van der Waals surface area contributed by atoms with Gasteiger partial charge in [-0.05, 0) is 6.42 Å². The number of phosphoric acid groups is 1. The first-order valence-electron chi connectivity index (χ1n) is 11.5. The Labute approximate surface area is 181 Å². The van der Waals surface area contributed by atoms with Gasteiger partial charge in [-0.25, -0.2) is 4.57 Å². The maximum absolute atomic E-state index is 11.8. The average molecular weight is 455 g/mol. The number of carbonyl (C=O) groups is 1. The first kappa shape index (κ1) is 29.5. The van der Waals surface area contributed by atoms with Gasteiger partial charge in [0.1, 0.15) is 12.7 Å². The maximum Gasteiger partial charge on any atom is 0.469 e. The molecule has 0 radical (unpaired) electrons. The number of hydrogen-bond donors (Lipinski definition) is 3. The van der Waals surface area contributed by atoms with Crippen LogP contribution >= 0.6 is 7.82 Å². The van der Waals surface area contributed by atoms with Crippen molar-refractivity contribution in [2.75, 3.05) is 26.4 Å². The van der Waals surface area contributed by atoms with E-state index in [2.05, 4.69) is 11.4 Å². The first-order chi connectivity index (χ1) is 14.4. The fourth-order valence-corrected chi connectivity index (χ4v) is 3.45. The number of rotatable bonds is 22. The molecule has 0 aliphatic heterocycles. The minimum Gasteiger partial charge on any atom is -0.463 e. The third-order valence-corrected chi connectivity index (χ3v) is 5.27. The summed E-state index contributed by atoms with van der Waals surface area (Å²) in [5.41, 5.74) is 0. The van der Waals surface area contributed by atoms with E-state index in [1.54, 1.807) is 0 Å². The number of unbranched alkanes of at least 4 members (excludes halogenated alkanes) is 12. The number of aliphatic hydroxyl groups is 1. The molecular weight excluding hydrogens is 411 g/mol. The fraction of sp³-hybridized carbons (Fsp3) is 0.952. The van der Waals surface area contributed by atoms with E-state index >= 15 is 0 Å². The second-order valence-corrected chi connectivity index (χ2v) is 8.92. The van der Waals surface area contributed by atoms with Crippen molar-refractivity contribution in [3.63, 3.8) is 0 Å². The van der Waals surface area contributed by atoms with Crippen LogP contribution in [0.4, 0.5) is 0 Å². The van der Waals surface area contributed by atoms with Crippen molar-refractivity contribution in [1.82, 2.24) is 0 Å². The molecule has 0 unspecified atom stereocenters. The number of hydrogen-bond acceptors (Lipinski definition) is 6. The van der Waals surface area contributed by atoms with Gasteiger partial charge in [0.15, 0.2) is 0 Å². The smallest absolute Gasteiger partial charge is 0.463 e. The minimum absolute atomic E-state index is 0.0361. The Bertz CT molecular complexity index is 441. The standard InChI is InChI=1S/C21H43O8P/c1-2-3-4-5-6-7-8-9-10-11-12-13-14-15-21(23)28-18-20(27-17-16-22)19-29-30(24,25)26/h20,22H,2-19H2,1H3,(H2,24,25,26)/t20-/m1/s1. The van der Waals surface area contributed by atoms with Crippen molar-refractivity contribution in [2.24, 2.45) is 0 Å². The Balaban J connectivity index is 3.61. The van der Waals surface area contributed by atoms with Gasteiger partial charge in [0.25, 0.3) is 0 Å². The first-order valence-corrected chi connectivity index (χ1v) is 13.0. The lowest BCUT2D eigenvalue weighted by atomic mass is 10.0. The molecule has 0 amide bonds. The summed E-state index contributed by atoms with van der Waals surface area (Å²) < 4.78 is 25.4. The average Bonchev–Trinajstić information content (AvgIpc) is 2.70. The van der Waals surface area contributed by atoms with Gasteiger partial charge >= 0.3 is 13.8 Å². The lowest BCUT2D eigenvalue weighted by molar-refractivity contribution is -0.149. The Morgan fingerprint density at radius 2 is 1.33 bits per heavy atom. The number of esters is 1. The van der Waals surface area contributed by atoms with Gasteiger partial charge < -0.3 is 24.4 Å². The highest BCUT2D eigenvalue weighted by Gasteiger charge is 2.20. The molecule has 0 aromatic rings. The number of aliphatic hydroxyl groups excluding tert-OH is 1. The second kappa shape index (κ2) is 20.4. The van der Waals surface area contributed by atoms with Crippen molar-refractivity contribution >= 4 is 13.8 Å². The summed E-state index contributed by atoms with van der Waals surface area (Å²) in [6, 6.07) is 0. The zero-order valence-electron chi connectivity index (χ0n) is 18.6. The largest absolute Gasteiger partial charge is 0.469 e. The van der Waals surface area contributed by atoms with Gasteiger partial charge in [-0.1, -0.05) is 84.0 Å². The molecule has 9 heteroatoms. The normalized spacial score (nSPS) is 12.8. The monoisotopic (exact) mass is 454 g/mol. The van der Waals surface area contributed by atoms with Crippen LogP contribution in [0.2, 0.25) is 0 Å². The van der Waals surface area contributed by atoms with Crippen LogP contribution in [0.3, 0.4) is 0 Å². The highest BCUT2D eigenvalue weighted by molar-refractivity contribution is 7.46. The quantitative estimate of drug-likeness (QED) is 0.124. The Hall–Kier alpha value is -0.500. The van der Waals surface area contributed by atoms with Crippen molar-refractivity contribution in [3.05, 3.63) is 0 Å². The molecule has 8 nitrogen and oxygen atoms in total. The summed E-state index contributed by atoms with van der Waals surface area (Å²) in [4.78, 5) is 29.3. The van der Waals surface area contributed by atoms with E-state index in [4.69, 9.17) is 24.4 Å². The van der Waals surface area contributed by atoms with Gasteiger partial charge in [0.2, 0.25) is 0 Å². The molecule has 0 aliphatic rings. The van der Waals surface area contributed by atoms with Crippen molar-refractivity contribution in [3.8, 4) is 0 Å².